The number of aromatic amines is 1. The highest BCUT2D eigenvalue weighted by atomic mass is 19.4. The first-order valence-corrected chi connectivity index (χ1v) is 13.1. The van der Waals surface area contributed by atoms with Crippen molar-refractivity contribution in [2.45, 2.75) is 32.1 Å². The molecule has 0 aliphatic carbocycles. The second kappa shape index (κ2) is 11.0. The molecule has 5 rings (SSSR count). The van der Waals surface area contributed by atoms with Crippen LogP contribution >= 0.6 is 0 Å². The number of benzene rings is 3. The molecule has 1 fully saturated rings. The van der Waals surface area contributed by atoms with Crippen LogP contribution in [0.25, 0.3) is 10.9 Å². The normalized spacial score (nSPS) is 17.3. The van der Waals surface area contributed by atoms with Crippen LogP contribution in [0.1, 0.15) is 29.8 Å². The number of nitrogens with two attached hydrogens (primary N) is 1. The second-order valence-corrected chi connectivity index (χ2v) is 10.2. The first-order valence-electron chi connectivity index (χ1n) is 13.1. The number of halogens is 3. The Balaban J connectivity index is 1.45. The van der Waals surface area contributed by atoms with E-state index in [1.54, 1.807) is 30.5 Å². The van der Waals surface area contributed by atoms with Crippen LogP contribution < -0.4 is 31.9 Å². The fourth-order valence-corrected chi connectivity index (χ4v) is 5.09. The van der Waals surface area contributed by atoms with Gasteiger partial charge in [-0.3, -0.25) is 9.89 Å². The number of nitrogens with zero attached hydrogens (tertiary/aromatic N) is 2. The van der Waals surface area contributed by atoms with Gasteiger partial charge in [0.15, 0.2) is 0 Å². The summed E-state index contributed by atoms with van der Waals surface area (Å²) in [5.74, 6) is -0.265. The van der Waals surface area contributed by atoms with Gasteiger partial charge in [-0.25, -0.2) is 0 Å². The first-order chi connectivity index (χ1) is 19.5. The number of para-hydroxylation sites is 1. The van der Waals surface area contributed by atoms with Crippen molar-refractivity contribution in [3.63, 3.8) is 0 Å². The van der Waals surface area contributed by atoms with Gasteiger partial charge in [0.2, 0.25) is 0 Å². The van der Waals surface area contributed by atoms with Crippen molar-refractivity contribution in [1.29, 1.82) is 0 Å². The van der Waals surface area contributed by atoms with Gasteiger partial charge in [0.1, 0.15) is 5.82 Å². The molecule has 1 aliphatic rings. The predicted octanol–water partition coefficient (Wildman–Crippen LogP) is 5.60. The largest absolute Gasteiger partial charge is 0.418 e. The van der Waals surface area contributed by atoms with E-state index in [9.17, 15) is 18.0 Å². The molecule has 41 heavy (non-hydrogen) atoms. The Morgan fingerprint density at radius 1 is 1.02 bits per heavy atom. The lowest BCUT2D eigenvalue weighted by Crippen LogP contribution is -2.54. The van der Waals surface area contributed by atoms with Crippen molar-refractivity contribution in [3.05, 3.63) is 84.3 Å². The topological polar surface area (TPSA) is 123 Å². The van der Waals surface area contributed by atoms with Gasteiger partial charge in [-0.15, -0.1) is 0 Å². The molecule has 1 aliphatic heterocycles. The van der Waals surface area contributed by atoms with Crippen LogP contribution in [0, 0.1) is 0 Å². The SMILES string of the molecule is C=C(Nc1cc(N2CC(C)NC(C)C2)c(C(=O)Nc2ccc3cn[nH]c3c2)cc1N)Nc1ccccc1C(F)(F)F. The van der Waals surface area contributed by atoms with Gasteiger partial charge in [0.25, 0.3) is 5.91 Å². The number of nitrogen functional groups attached to an aromatic ring is 1. The maximum atomic E-state index is 13.6. The molecule has 2 atom stereocenters. The number of hydrogen-bond donors (Lipinski definition) is 6. The number of hydrogen-bond acceptors (Lipinski definition) is 7. The van der Waals surface area contributed by atoms with Crippen LogP contribution in [0.5, 0.6) is 0 Å². The summed E-state index contributed by atoms with van der Waals surface area (Å²) in [5, 5.41) is 19.9. The molecule has 3 aromatic carbocycles. The number of aromatic nitrogens is 2. The van der Waals surface area contributed by atoms with Gasteiger partial charge in [-0.2, -0.15) is 18.3 Å². The Labute approximate surface area is 235 Å². The summed E-state index contributed by atoms with van der Waals surface area (Å²) in [6.45, 7) is 9.23. The summed E-state index contributed by atoms with van der Waals surface area (Å²) in [6.07, 6.45) is -2.84. The fraction of sp³-hybridized carbons (Fsp3) is 0.241. The third kappa shape index (κ3) is 6.22. The number of nitrogens with one attached hydrogen (secondary N) is 5. The van der Waals surface area contributed by atoms with E-state index in [2.05, 4.69) is 56.8 Å². The standard InChI is InChI=1S/C29H31F3N8O/c1-16-14-40(15-17(2)35-16)27-12-26(37-18(3)36-24-7-5-4-6-22(24)29(30,31)32)23(33)11-21(27)28(41)38-20-9-8-19-13-34-39-25(19)10-20/h4-13,16-17,35-37H,3,14-15,33H2,1-2H3,(H,34,39)(H,38,41). The number of alkyl halides is 3. The average molecular weight is 565 g/mol. The third-order valence-corrected chi connectivity index (χ3v) is 6.81. The first kappa shape index (κ1) is 27.8. The minimum absolute atomic E-state index is 0.0893. The number of anilines is 5. The highest BCUT2D eigenvalue weighted by molar-refractivity contribution is 6.10. The lowest BCUT2D eigenvalue weighted by Gasteiger charge is -2.38. The van der Waals surface area contributed by atoms with Crippen molar-refractivity contribution in [2.24, 2.45) is 0 Å². The third-order valence-electron chi connectivity index (χ3n) is 6.81. The van der Waals surface area contributed by atoms with Crippen molar-refractivity contribution >= 4 is 45.2 Å². The zero-order chi connectivity index (χ0) is 29.3. The highest BCUT2D eigenvalue weighted by Gasteiger charge is 2.33. The number of fused-ring (bicyclic) bond motifs is 1. The Morgan fingerprint density at radius 2 is 1.73 bits per heavy atom. The summed E-state index contributed by atoms with van der Waals surface area (Å²) in [7, 11) is 0. The molecule has 12 heteroatoms. The van der Waals surface area contributed by atoms with Crippen molar-refractivity contribution in [3.8, 4) is 0 Å². The number of amides is 1. The van der Waals surface area contributed by atoms with E-state index in [-0.39, 0.29) is 35.2 Å². The number of rotatable bonds is 7. The van der Waals surface area contributed by atoms with Crippen LogP contribution in [0.15, 0.2) is 73.2 Å². The zero-order valence-corrected chi connectivity index (χ0v) is 22.6. The maximum absolute atomic E-state index is 13.6. The quantitative estimate of drug-likeness (QED) is 0.162. The molecule has 0 spiro atoms. The van der Waals surface area contributed by atoms with Crippen molar-refractivity contribution in [1.82, 2.24) is 15.5 Å². The minimum Gasteiger partial charge on any atom is -0.397 e. The van der Waals surface area contributed by atoms with E-state index in [0.29, 0.717) is 35.7 Å². The van der Waals surface area contributed by atoms with E-state index in [0.717, 1.165) is 17.0 Å². The van der Waals surface area contributed by atoms with E-state index in [4.69, 9.17) is 5.73 Å². The minimum atomic E-state index is -4.54. The van der Waals surface area contributed by atoms with E-state index in [1.165, 1.54) is 18.2 Å². The van der Waals surface area contributed by atoms with Crippen LogP contribution in [-0.2, 0) is 6.18 Å². The molecule has 1 saturated heterocycles. The smallest absolute Gasteiger partial charge is 0.397 e. The predicted molar refractivity (Wildman–Crippen MR) is 157 cm³/mol. The Morgan fingerprint density at radius 3 is 2.46 bits per heavy atom. The molecule has 7 N–H and O–H groups in total. The van der Waals surface area contributed by atoms with Crippen molar-refractivity contribution in [2.75, 3.05) is 39.7 Å². The van der Waals surface area contributed by atoms with E-state index >= 15 is 0 Å². The number of piperazine rings is 1. The number of H-pyrrole nitrogens is 1. The summed E-state index contributed by atoms with van der Waals surface area (Å²) in [4.78, 5) is 15.7. The van der Waals surface area contributed by atoms with E-state index in [1.807, 2.05) is 6.07 Å². The zero-order valence-electron chi connectivity index (χ0n) is 22.6. The summed E-state index contributed by atoms with van der Waals surface area (Å²) in [6, 6.07) is 14.2. The number of carbonyl (C=O) groups is 1. The molecular weight excluding hydrogens is 533 g/mol. The molecule has 0 bridgehead atoms. The molecule has 214 valence electrons. The molecule has 2 heterocycles. The van der Waals surface area contributed by atoms with Gasteiger partial charge < -0.3 is 31.9 Å². The lowest BCUT2D eigenvalue weighted by atomic mass is 10.0. The number of carbonyl (C=O) groups excluding carboxylic acids is 1. The Hall–Kier alpha value is -4.71. The molecule has 0 radical (unpaired) electrons. The van der Waals surface area contributed by atoms with Gasteiger partial charge in [-0.05, 0) is 56.3 Å². The molecule has 1 aromatic heterocycles. The molecular formula is C29H31F3N8O. The summed E-state index contributed by atoms with van der Waals surface area (Å²) >= 11 is 0. The van der Waals surface area contributed by atoms with Gasteiger partial charge in [-0.1, -0.05) is 18.7 Å². The molecule has 9 nitrogen and oxygen atoms in total. The van der Waals surface area contributed by atoms with Crippen LogP contribution in [0.3, 0.4) is 0 Å². The van der Waals surface area contributed by atoms with Crippen molar-refractivity contribution < 1.29 is 18.0 Å². The van der Waals surface area contributed by atoms with Crippen LogP contribution in [0.4, 0.5) is 41.6 Å². The van der Waals surface area contributed by atoms with Gasteiger partial charge in [0.05, 0.1) is 45.6 Å². The van der Waals surface area contributed by atoms with Gasteiger partial charge in [0, 0.05) is 36.2 Å². The Bertz CT molecular complexity index is 1590. The lowest BCUT2D eigenvalue weighted by molar-refractivity contribution is -0.136. The highest BCUT2D eigenvalue weighted by Crippen LogP contribution is 2.36. The molecule has 0 saturated carbocycles. The summed E-state index contributed by atoms with van der Waals surface area (Å²) < 4.78 is 40.5. The average Bonchev–Trinajstić information content (AvgIpc) is 3.36. The monoisotopic (exact) mass is 564 g/mol. The second-order valence-electron chi connectivity index (χ2n) is 10.2. The van der Waals surface area contributed by atoms with Crippen LogP contribution in [0.2, 0.25) is 0 Å². The van der Waals surface area contributed by atoms with Crippen LogP contribution in [-0.4, -0.2) is 41.3 Å². The summed E-state index contributed by atoms with van der Waals surface area (Å²) in [5.41, 5.74) is 8.39. The molecule has 2 unspecified atom stereocenters. The molecule has 4 aromatic rings. The maximum Gasteiger partial charge on any atom is 0.418 e. The Kier molecular flexibility index (Phi) is 7.50. The molecule has 1 amide bonds. The van der Waals surface area contributed by atoms with E-state index < -0.39 is 11.7 Å². The fourth-order valence-electron chi connectivity index (χ4n) is 5.09. The van der Waals surface area contributed by atoms with Gasteiger partial charge >= 0.3 is 6.18 Å².